The molecule has 2 heterocycles. The maximum Gasteiger partial charge on any atom is 0.0688 e. The largest absolute Gasteiger partial charge is 0.392 e. The summed E-state index contributed by atoms with van der Waals surface area (Å²) in [6, 6.07) is 9.88. The van der Waals surface area contributed by atoms with Gasteiger partial charge in [0.1, 0.15) is 0 Å². The summed E-state index contributed by atoms with van der Waals surface area (Å²) in [5.41, 5.74) is 3.07. The summed E-state index contributed by atoms with van der Waals surface area (Å²) in [6.45, 7) is 0.747. The first kappa shape index (κ1) is 12.2. The number of hydrogen-bond acceptors (Lipinski definition) is 2. The molecular weight excluding hydrogens is 260 g/mol. The van der Waals surface area contributed by atoms with Gasteiger partial charge in [-0.05, 0) is 29.3 Å². The molecular formula is C15H13ClN2O. The molecule has 3 nitrogen and oxygen atoms in total. The Hall–Kier alpha value is -1.84. The zero-order chi connectivity index (χ0) is 13.2. The van der Waals surface area contributed by atoms with Crippen LogP contribution in [0.5, 0.6) is 0 Å². The maximum atomic E-state index is 9.34. The van der Waals surface area contributed by atoms with Gasteiger partial charge in [-0.3, -0.25) is 4.98 Å². The Bertz CT molecular complexity index is 721. The van der Waals surface area contributed by atoms with E-state index in [1.165, 1.54) is 0 Å². The summed E-state index contributed by atoms with van der Waals surface area (Å²) in [7, 11) is 0. The van der Waals surface area contributed by atoms with E-state index in [4.69, 9.17) is 11.6 Å². The van der Waals surface area contributed by atoms with Crippen molar-refractivity contribution >= 4 is 22.5 Å². The number of aliphatic hydroxyl groups excluding tert-OH is 1. The molecule has 0 aliphatic carbocycles. The lowest BCUT2D eigenvalue weighted by Crippen LogP contribution is -1.99. The molecule has 0 aliphatic heterocycles. The molecule has 0 saturated heterocycles. The van der Waals surface area contributed by atoms with Crippen LogP contribution in [0.2, 0.25) is 5.02 Å². The zero-order valence-corrected chi connectivity index (χ0v) is 11.0. The van der Waals surface area contributed by atoms with Crippen LogP contribution in [0, 0.1) is 0 Å². The van der Waals surface area contributed by atoms with Gasteiger partial charge in [-0.15, -0.1) is 0 Å². The van der Waals surface area contributed by atoms with Crippen LogP contribution in [0.15, 0.2) is 48.9 Å². The third-order valence-electron chi connectivity index (χ3n) is 3.27. The molecule has 4 heteroatoms. The number of halogens is 1. The van der Waals surface area contributed by atoms with E-state index in [0.29, 0.717) is 11.6 Å². The van der Waals surface area contributed by atoms with Crippen molar-refractivity contribution < 1.29 is 5.11 Å². The van der Waals surface area contributed by atoms with Gasteiger partial charge in [-0.1, -0.05) is 23.7 Å². The fraction of sp³-hybridized carbons (Fsp3) is 0.133. The van der Waals surface area contributed by atoms with Gasteiger partial charge in [-0.25, -0.2) is 0 Å². The monoisotopic (exact) mass is 272 g/mol. The van der Waals surface area contributed by atoms with E-state index in [2.05, 4.69) is 9.55 Å². The van der Waals surface area contributed by atoms with E-state index in [9.17, 15) is 5.11 Å². The Labute approximate surface area is 116 Å². The van der Waals surface area contributed by atoms with Crippen molar-refractivity contribution in [2.45, 2.75) is 13.2 Å². The number of rotatable bonds is 3. The van der Waals surface area contributed by atoms with Gasteiger partial charge < -0.3 is 9.67 Å². The lowest BCUT2D eigenvalue weighted by atomic mass is 10.1. The predicted molar refractivity (Wildman–Crippen MR) is 76.2 cm³/mol. The summed E-state index contributed by atoms with van der Waals surface area (Å²) in [4.78, 5) is 3.99. The second-order valence-electron chi connectivity index (χ2n) is 4.42. The van der Waals surface area contributed by atoms with Crippen molar-refractivity contribution in [3.8, 4) is 0 Å². The van der Waals surface area contributed by atoms with E-state index in [0.717, 1.165) is 22.0 Å². The van der Waals surface area contributed by atoms with Crippen molar-refractivity contribution in [1.82, 2.24) is 9.55 Å². The molecule has 3 rings (SSSR count). The van der Waals surface area contributed by atoms with Gasteiger partial charge in [0, 0.05) is 36.0 Å². The van der Waals surface area contributed by atoms with Crippen molar-refractivity contribution in [1.29, 1.82) is 0 Å². The Kier molecular flexibility index (Phi) is 3.23. The molecule has 0 fully saturated rings. The average Bonchev–Trinajstić information content (AvgIpc) is 2.84. The average molecular weight is 273 g/mol. The Morgan fingerprint density at radius 2 is 2.05 bits per heavy atom. The van der Waals surface area contributed by atoms with Crippen LogP contribution in [0.1, 0.15) is 11.1 Å². The summed E-state index contributed by atoms with van der Waals surface area (Å²) in [6.07, 6.45) is 5.41. The molecule has 0 unspecified atom stereocenters. The molecule has 3 aromatic rings. The molecule has 0 aliphatic rings. The molecule has 0 saturated carbocycles. The minimum absolute atomic E-state index is 0.0529. The van der Waals surface area contributed by atoms with Crippen LogP contribution in [-0.2, 0) is 13.2 Å². The van der Waals surface area contributed by atoms with Gasteiger partial charge in [0.15, 0.2) is 0 Å². The third-order valence-corrected chi connectivity index (χ3v) is 3.61. The molecule has 2 aromatic heterocycles. The van der Waals surface area contributed by atoms with E-state index in [1.807, 2.05) is 36.5 Å². The summed E-state index contributed by atoms with van der Waals surface area (Å²) in [5.74, 6) is 0. The van der Waals surface area contributed by atoms with E-state index < -0.39 is 0 Å². The van der Waals surface area contributed by atoms with Gasteiger partial charge in [0.25, 0.3) is 0 Å². The molecule has 19 heavy (non-hydrogen) atoms. The standard InChI is InChI=1S/C15H13ClN2O/c16-14-8-17-6-4-11(14)9-18-7-5-13-12(10-19)2-1-3-15(13)18/h1-8,19H,9-10H2. The van der Waals surface area contributed by atoms with Gasteiger partial charge in [0.2, 0.25) is 0 Å². The van der Waals surface area contributed by atoms with Crippen LogP contribution in [0.3, 0.4) is 0 Å². The number of hydrogen-bond donors (Lipinski definition) is 1. The van der Waals surface area contributed by atoms with Crippen molar-refractivity contribution in [2.75, 3.05) is 0 Å². The summed E-state index contributed by atoms with van der Waals surface area (Å²) < 4.78 is 2.12. The zero-order valence-electron chi connectivity index (χ0n) is 10.3. The number of benzene rings is 1. The van der Waals surface area contributed by atoms with Crippen LogP contribution in [0.4, 0.5) is 0 Å². The van der Waals surface area contributed by atoms with Gasteiger partial charge in [0.05, 0.1) is 11.6 Å². The summed E-state index contributed by atoms with van der Waals surface area (Å²) >= 11 is 6.14. The predicted octanol–water partition coefficient (Wildman–Crippen LogP) is 3.23. The van der Waals surface area contributed by atoms with Crippen molar-refractivity contribution in [3.05, 3.63) is 65.1 Å². The molecule has 0 amide bonds. The summed E-state index contributed by atoms with van der Waals surface area (Å²) in [5, 5.41) is 11.1. The Balaban J connectivity index is 2.05. The van der Waals surface area contributed by atoms with E-state index in [-0.39, 0.29) is 6.61 Å². The topological polar surface area (TPSA) is 38.0 Å². The van der Waals surface area contributed by atoms with Crippen LogP contribution in [0.25, 0.3) is 10.9 Å². The van der Waals surface area contributed by atoms with Gasteiger partial charge >= 0.3 is 0 Å². The van der Waals surface area contributed by atoms with Crippen molar-refractivity contribution in [3.63, 3.8) is 0 Å². The molecule has 0 radical (unpaired) electrons. The maximum absolute atomic E-state index is 9.34. The SMILES string of the molecule is OCc1cccc2c1ccn2Cc1ccncc1Cl. The quantitative estimate of drug-likeness (QED) is 0.795. The third kappa shape index (κ3) is 2.23. The first-order valence-corrected chi connectivity index (χ1v) is 6.43. The second-order valence-corrected chi connectivity index (χ2v) is 4.83. The highest BCUT2D eigenvalue weighted by molar-refractivity contribution is 6.31. The van der Waals surface area contributed by atoms with Gasteiger partial charge in [-0.2, -0.15) is 0 Å². The van der Waals surface area contributed by atoms with Crippen LogP contribution < -0.4 is 0 Å². The Morgan fingerprint density at radius 3 is 2.84 bits per heavy atom. The first-order chi connectivity index (χ1) is 9.29. The normalized spacial score (nSPS) is 11.1. The lowest BCUT2D eigenvalue weighted by molar-refractivity contribution is 0.283. The molecule has 1 aromatic carbocycles. The number of aliphatic hydroxyl groups is 1. The lowest BCUT2D eigenvalue weighted by Gasteiger charge is -2.08. The minimum atomic E-state index is 0.0529. The molecule has 96 valence electrons. The number of fused-ring (bicyclic) bond motifs is 1. The number of nitrogens with zero attached hydrogens (tertiary/aromatic N) is 2. The van der Waals surface area contributed by atoms with Crippen LogP contribution in [-0.4, -0.2) is 14.7 Å². The minimum Gasteiger partial charge on any atom is -0.392 e. The molecule has 1 N–H and O–H groups in total. The van der Waals surface area contributed by atoms with Crippen molar-refractivity contribution in [2.24, 2.45) is 0 Å². The number of pyridine rings is 1. The first-order valence-electron chi connectivity index (χ1n) is 6.05. The fourth-order valence-corrected chi connectivity index (χ4v) is 2.46. The fourth-order valence-electron chi connectivity index (χ4n) is 2.28. The smallest absolute Gasteiger partial charge is 0.0688 e. The highest BCUT2D eigenvalue weighted by Gasteiger charge is 2.07. The molecule has 0 atom stereocenters. The highest BCUT2D eigenvalue weighted by Crippen LogP contribution is 2.23. The number of aromatic nitrogens is 2. The molecule has 0 bridgehead atoms. The van der Waals surface area contributed by atoms with E-state index in [1.54, 1.807) is 12.4 Å². The van der Waals surface area contributed by atoms with Crippen LogP contribution >= 0.6 is 11.6 Å². The van der Waals surface area contributed by atoms with E-state index >= 15 is 0 Å². The molecule has 0 spiro atoms. The second kappa shape index (κ2) is 5.03. The highest BCUT2D eigenvalue weighted by atomic mass is 35.5. The Morgan fingerprint density at radius 1 is 1.16 bits per heavy atom.